The summed E-state index contributed by atoms with van der Waals surface area (Å²) >= 11 is 0. The van der Waals surface area contributed by atoms with Crippen LogP contribution in [0.2, 0.25) is 0 Å². The number of anilines is 1. The third-order valence-corrected chi connectivity index (χ3v) is 3.11. The number of hydrogen-bond donors (Lipinski definition) is 3. The second-order valence-corrected chi connectivity index (χ2v) is 4.75. The zero-order valence-electron chi connectivity index (χ0n) is 11.9. The van der Waals surface area contributed by atoms with E-state index in [0.29, 0.717) is 18.5 Å². The first kappa shape index (κ1) is 15.5. The molecule has 0 spiro atoms. The zero-order chi connectivity index (χ0) is 15.8. The smallest absolute Gasteiger partial charge is 0.326 e. The molecule has 22 heavy (non-hydrogen) atoms. The molecule has 1 heterocycles. The van der Waals surface area contributed by atoms with Crippen molar-refractivity contribution in [2.24, 2.45) is 0 Å². The molecule has 0 aliphatic rings. The Kier molecular flexibility index (Phi) is 5.48. The van der Waals surface area contributed by atoms with E-state index in [1.165, 1.54) is 0 Å². The number of carboxylic acids is 1. The number of nitrogens with one attached hydrogen (secondary N) is 2. The fourth-order valence-electron chi connectivity index (χ4n) is 1.97. The third kappa shape index (κ3) is 4.90. The number of carbonyl (C=O) groups is 2. The number of aromatic nitrogens is 1. The first-order chi connectivity index (χ1) is 10.6. The monoisotopic (exact) mass is 299 g/mol. The Hall–Kier alpha value is -2.89. The molecule has 3 N–H and O–H groups in total. The number of carboxylic acid groups (broad SMARTS) is 1. The molecule has 0 saturated heterocycles. The van der Waals surface area contributed by atoms with Gasteiger partial charge in [-0.1, -0.05) is 30.3 Å². The number of pyridine rings is 1. The van der Waals surface area contributed by atoms with Crippen LogP contribution in [0, 0.1) is 0 Å². The van der Waals surface area contributed by atoms with Crippen molar-refractivity contribution in [3.63, 3.8) is 0 Å². The fourth-order valence-corrected chi connectivity index (χ4v) is 1.97. The summed E-state index contributed by atoms with van der Waals surface area (Å²) in [6.07, 6.45) is 3.98. The van der Waals surface area contributed by atoms with E-state index in [1.807, 2.05) is 30.3 Å². The molecule has 0 unspecified atom stereocenters. The second-order valence-electron chi connectivity index (χ2n) is 4.75. The van der Waals surface area contributed by atoms with Gasteiger partial charge in [-0.3, -0.25) is 4.98 Å². The highest BCUT2D eigenvalue weighted by Gasteiger charge is 2.19. The van der Waals surface area contributed by atoms with Crippen molar-refractivity contribution >= 4 is 17.7 Å². The van der Waals surface area contributed by atoms with Crippen molar-refractivity contribution in [2.45, 2.75) is 18.9 Å². The fraction of sp³-hybridized carbons (Fsp3) is 0.188. The largest absolute Gasteiger partial charge is 0.480 e. The Labute approximate surface area is 128 Å². The standard InChI is InChI=1S/C16H17N3O3/c20-15(21)14(7-6-12-4-2-1-3-5-12)19-16(22)18-13-8-10-17-11-9-13/h1-5,8-11,14H,6-7H2,(H,20,21)(H2,17,18,19,22)/t14-/m1/s1. The normalized spacial score (nSPS) is 11.5. The predicted molar refractivity (Wildman–Crippen MR) is 82.6 cm³/mol. The van der Waals surface area contributed by atoms with E-state index in [0.717, 1.165) is 5.56 Å². The molecule has 2 aromatic rings. The predicted octanol–water partition coefficient (Wildman–Crippen LogP) is 2.29. The van der Waals surface area contributed by atoms with Gasteiger partial charge in [-0.15, -0.1) is 0 Å². The molecule has 0 aliphatic carbocycles. The molecule has 0 radical (unpaired) electrons. The average molecular weight is 299 g/mol. The molecule has 0 saturated carbocycles. The molecule has 2 amide bonds. The molecule has 1 atom stereocenters. The molecule has 1 aromatic heterocycles. The average Bonchev–Trinajstić information content (AvgIpc) is 2.53. The first-order valence-electron chi connectivity index (χ1n) is 6.89. The van der Waals surface area contributed by atoms with Crippen LogP contribution in [0.25, 0.3) is 0 Å². The van der Waals surface area contributed by atoms with E-state index in [-0.39, 0.29) is 0 Å². The Morgan fingerprint density at radius 2 is 1.77 bits per heavy atom. The lowest BCUT2D eigenvalue weighted by atomic mass is 10.1. The second kappa shape index (κ2) is 7.78. The van der Waals surface area contributed by atoms with Gasteiger partial charge in [0.25, 0.3) is 0 Å². The van der Waals surface area contributed by atoms with E-state index in [2.05, 4.69) is 15.6 Å². The maximum absolute atomic E-state index is 11.8. The summed E-state index contributed by atoms with van der Waals surface area (Å²) in [7, 11) is 0. The molecule has 2 rings (SSSR count). The number of urea groups is 1. The van der Waals surface area contributed by atoms with Gasteiger partial charge in [0.2, 0.25) is 0 Å². The van der Waals surface area contributed by atoms with Gasteiger partial charge < -0.3 is 15.7 Å². The van der Waals surface area contributed by atoms with E-state index in [9.17, 15) is 14.7 Å². The van der Waals surface area contributed by atoms with Gasteiger partial charge >= 0.3 is 12.0 Å². The summed E-state index contributed by atoms with van der Waals surface area (Å²) in [5.41, 5.74) is 1.59. The number of carbonyl (C=O) groups excluding carboxylic acids is 1. The van der Waals surface area contributed by atoms with E-state index in [1.54, 1.807) is 24.5 Å². The van der Waals surface area contributed by atoms with Gasteiger partial charge in [-0.25, -0.2) is 9.59 Å². The molecule has 114 valence electrons. The maximum atomic E-state index is 11.8. The van der Waals surface area contributed by atoms with Crippen LogP contribution in [0.1, 0.15) is 12.0 Å². The van der Waals surface area contributed by atoms with E-state index in [4.69, 9.17) is 0 Å². The minimum Gasteiger partial charge on any atom is -0.480 e. The Bertz CT molecular complexity index is 617. The van der Waals surface area contributed by atoms with Gasteiger partial charge in [0.15, 0.2) is 0 Å². The summed E-state index contributed by atoms with van der Waals surface area (Å²) in [6, 6.07) is 11.3. The van der Waals surface area contributed by atoms with Gasteiger partial charge in [-0.2, -0.15) is 0 Å². The lowest BCUT2D eigenvalue weighted by molar-refractivity contribution is -0.139. The van der Waals surface area contributed by atoms with Crippen LogP contribution in [0.4, 0.5) is 10.5 Å². The number of nitrogens with zero attached hydrogens (tertiary/aromatic N) is 1. The van der Waals surface area contributed by atoms with Crippen molar-refractivity contribution in [3.8, 4) is 0 Å². The summed E-state index contributed by atoms with van der Waals surface area (Å²) in [4.78, 5) is 26.9. The highest BCUT2D eigenvalue weighted by Crippen LogP contribution is 2.07. The summed E-state index contributed by atoms with van der Waals surface area (Å²) < 4.78 is 0. The number of hydrogen-bond acceptors (Lipinski definition) is 3. The summed E-state index contributed by atoms with van der Waals surface area (Å²) in [5, 5.41) is 14.3. The third-order valence-electron chi connectivity index (χ3n) is 3.11. The van der Waals surface area contributed by atoms with Crippen LogP contribution in [-0.4, -0.2) is 28.1 Å². The molecule has 0 bridgehead atoms. The van der Waals surface area contributed by atoms with Crippen molar-refractivity contribution in [2.75, 3.05) is 5.32 Å². The lowest BCUT2D eigenvalue weighted by Gasteiger charge is -2.15. The van der Waals surface area contributed by atoms with Crippen LogP contribution in [0.3, 0.4) is 0 Å². The van der Waals surface area contributed by atoms with E-state index < -0.39 is 18.0 Å². The number of rotatable bonds is 6. The van der Waals surface area contributed by atoms with E-state index >= 15 is 0 Å². The van der Waals surface area contributed by atoms with Crippen LogP contribution < -0.4 is 10.6 Å². The first-order valence-corrected chi connectivity index (χ1v) is 6.89. The van der Waals surface area contributed by atoms with Crippen LogP contribution in [0.5, 0.6) is 0 Å². The number of benzene rings is 1. The topological polar surface area (TPSA) is 91.3 Å². The molecule has 0 aliphatic heterocycles. The molecule has 6 heteroatoms. The van der Waals surface area contributed by atoms with Crippen LogP contribution in [0.15, 0.2) is 54.9 Å². The molecule has 0 fully saturated rings. The molecule has 6 nitrogen and oxygen atoms in total. The molecular formula is C16H17N3O3. The van der Waals surface area contributed by atoms with Gasteiger partial charge in [-0.05, 0) is 30.5 Å². The Morgan fingerprint density at radius 1 is 1.09 bits per heavy atom. The number of aliphatic carboxylic acids is 1. The highest BCUT2D eigenvalue weighted by atomic mass is 16.4. The Morgan fingerprint density at radius 3 is 2.41 bits per heavy atom. The van der Waals surface area contributed by atoms with Gasteiger partial charge in [0.1, 0.15) is 6.04 Å². The minimum absolute atomic E-state index is 0.323. The van der Waals surface area contributed by atoms with Crippen LogP contribution >= 0.6 is 0 Å². The van der Waals surface area contributed by atoms with Gasteiger partial charge in [0.05, 0.1) is 0 Å². The lowest BCUT2D eigenvalue weighted by Crippen LogP contribution is -2.43. The highest BCUT2D eigenvalue weighted by molar-refractivity contribution is 5.92. The van der Waals surface area contributed by atoms with Crippen molar-refractivity contribution in [3.05, 3.63) is 60.4 Å². The SMILES string of the molecule is O=C(Nc1ccncc1)N[C@H](CCc1ccccc1)C(=O)O. The van der Waals surface area contributed by atoms with Crippen molar-refractivity contribution in [1.29, 1.82) is 0 Å². The summed E-state index contributed by atoms with van der Waals surface area (Å²) in [6.45, 7) is 0. The molecular weight excluding hydrogens is 282 g/mol. The molecule has 1 aromatic carbocycles. The Balaban J connectivity index is 1.88. The quantitative estimate of drug-likeness (QED) is 0.763. The van der Waals surface area contributed by atoms with Crippen LogP contribution in [-0.2, 0) is 11.2 Å². The number of amides is 2. The summed E-state index contributed by atoms with van der Waals surface area (Å²) in [5.74, 6) is -1.05. The number of aryl methyl sites for hydroxylation is 1. The maximum Gasteiger partial charge on any atom is 0.326 e. The minimum atomic E-state index is -1.05. The van der Waals surface area contributed by atoms with Crippen molar-refractivity contribution < 1.29 is 14.7 Å². The zero-order valence-corrected chi connectivity index (χ0v) is 11.9. The van der Waals surface area contributed by atoms with Gasteiger partial charge in [0, 0.05) is 18.1 Å². The van der Waals surface area contributed by atoms with Crippen molar-refractivity contribution in [1.82, 2.24) is 10.3 Å².